The molecule has 0 aliphatic carbocycles. The second kappa shape index (κ2) is 7.16. The summed E-state index contributed by atoms with van der Waals surface area (Å²) >= 11 is 6.12. The van der Waals surface area contributed by atoms with Crippen LogP contribution in [0.1, 0.15) is 43.4 Å². The van der Waals surface area contributed by atoms with Crippen LogP contribution in [0.25, 0.3) is 0 Å². The van der Waals surface area contributed by atoms with Crippen LogP contribution in [0.15, 0.2) is 18.2 Å². The molecule has 0 aliphatic heterocycles. The highest BCUT2D eigenvalue weighted by molar-refractivity contribution is 6.18. The molecule has 1 aromatic carbocycles. The van der Waals surface area contributed by atoms with E-state index in [4.69, 9.17) is 11.6 Å². The van der Waals surface area contributed by atoms with Crippen molar-refractivity contribution < 1.29 is 0 Å². The Bertz CT molecular complexity index is 361. The van der Waals surface area contributed by atoms with E-state index in [2.05, 4.69) is 51.2 Å². The SMILES string of the molecule is CCC(CC)(CCl)CNCc1cc(C)ccc1C. The van der Waals surface area contributed by atoms with Crippen molar-refractivity contribution in [1.29, 1.82) is 0 Å². The molecule has 1 rings (SSSR count). The number of alkyl halides is 1. The third-order valence-electron chi connectivity index (χ3n) is 4.10. The highest BCUT2D eigenvalue weighted by Crippen LogP contribution is 2.27. The average Bonchev–Trinajstić information content (AvgIpc) is 2.39. The molecule has 0 aromatic heterocycles. The smallest absolute Gasteiger partial charge is 0.0291 e. The van der Waals surface area contributed by atoms with Crippen molar-refractivity contribution in [3.63, 3.8) is 0 Å². The van der Waals surface area contributed by atoms with E-state index in [0.29, 0.717) is 0 Å². The molecule has 0 saturated heterocycles. The summed E-state index contributed by atoms with van der Waals surface area (Å²) in [5.41, 5.74) is 4.33. The van der Waals surface area contributed by atoms with Gasteiger partial charge in [-0.2, -0.15) is 0 Å². The normalized spacial score (nSPS) is 11.8. The first kappa shape index (κ1) is 15.5. The summed E-state index contributed by atoms with van der Waals surface area (Å²) in [6.07, 6.45) is 2.26. The quantitative estimate of drug-likeness (QED) is 0.721. The molecule has 0 spiro atoms. The fraction of sp³-hybridized carbons (Fsp3) is 0.625. The largest absolute Gasteiger partial charge is 0.312 e. The molecule has 0 bridgehead atoms. The van der Waals surface area contributed by atoms with E-state index in [1.54, 1.807) is 0 Å². The van der Waals surface area contributed by atoms with E-state index in [-0.39, 0.29) is 5.41 Å². The standard InChI is InChI=1S/C16H26ClN/c1-5-16(6-2,11-17)12-18-10-15-9-13(3)7-8-14(15)4/h7-9,18H,5-6,10-12H2,1-4H3. The van der Waals surface area contributed by atoms with Crippen LogP contribution < -0.4 is 5.32 Å². The van der Waals surface area contributed by atoms with Crippen molar-refractivity contribution in [1.82, 2.24) is 5.32 Å². The predicted octanol–water partition coefficient (Wildman–Crippen LogP) is 4.44. The Morgan fingerprint density at radius 1 is 1.17 bits per heavy atom. The fourth-order valence-corrected chi connectivity index (χ4v) is 2.66. The Balaban J connectivity index is 2.57. The summed E-state index contributed by atoms with van der Waals surface area (Å²) in [5.74, 6) is 0.736. The Labute approximate surface area is 117 Å². The second-order valence-electron chi connectivity index (χ2n) is 5.37. The van der Waals surface area contributed by atoms with Gasteiger partial charge in [-0.25, -0.2) is 0 Å². The van der Waals surface area contributed by atoms with E-state index in [1.807, 2.05) is 0 Å². The van der Waals surface area contributed by atoms with Crippen LogP contribution in [0, 0.1) is 19.3 Å². The average molecular weight is 268 g/mol. The van der Waals surface area contributed by atoms with Crippen LogP contribution in [-0.2, 0) is 6.54 Å². The van der Waals surface area contributed by atoms with E-state index >= 15 is 0 Å². The molecule has 1 nitrogen and oxygen atoms in total. The maximum atomic E-state index is 6.12. The van der Waals surface area contributed by atoms with E-state index < -0.39 is 0 Å². The molecule has 0 unspecified atom stereocenters. The van der Waals surface area contributed by atoms with E-state index in [9.17, 15) is 0 Å². The first-order chi connectivity index (χ1) is 8.56. The van der Waals surface area contributed by atoms with Gasteiger partial charge in [-0.3, -0.25) is 0 Å². The van der Waals surface area contributed by atoms with Crippen LogP contribution in [-0.4, -0.2) is 12.4 Å². The Hall–Kier alpha value is -0.530. The van der Waals surface area contributed by atoms with Crippen molar-refractivity contribution in [2.75, 3.05) is 12.4 Å². The van der Waals surface area contributed by atoms with Crippen LogP contribution in [0.2, 0.25) is 0 Å². The van der Waals surface area contributed by atoms with Gasteiger partial charge in [0.15, 0.2) is 0 Å². The first-order valence-electron chi connectivity index (χ1n) is 6.89. The molecule has 18 heavy (non-hydrogen) atoms. The Morgan fingerprint density at radius 2 is 1.83 bits per heavy atom. The zero-order valence-electron chi connectivity index (χ0n) is 12.1. The van der Waals surface area contributed by atoms with Gasteiger partial charge in [0.05, 0.1) is 0 Å². The van der Waals surface area contributed by atoms with Gasteiger partial charge in [0.25, 0.3) is 0 Å². The van der Waals surface area contributed by atoms with Crippen molar-refractivity contribution in [2.45, 2.75) is 47.1 Å². The van der Waals surface area contributed by atoms with Crippen LogP contribution in [0.3, 0.4) is 0 Å². The molecule has 0 heterocycles. The van der Waals surface area contributed by atoms with Gasteiger partial charge in [0, 0.05) is 19.0 Å². The van der Waals surface area contributed by atoms with Gasteiger partial charge in [0.2, 0.25) is 0 Å². The molecule has 0 aliphatic rings. The summed E-state index contributed by atoms with van der Waals surface area (Å²) < 4.78 is 0. The molecule has 0 fully saturated rings. The minimum absolute atomic E-state index is 0.249. The number of hydrogen-bond acceptors (Lipinski definition) is 1. The maximum Gasteiger partial charge on any atom is 0.0291 e. The molecule has 1 aromatic rings. The number of halogens is 1. The first-order valence-corrected chi connectivity index (χ1v) is 7.43. The molecule has 102 valence electrons. The van der Waals surface area contributed by atoms with Gasteiger partial charge >= 0.3 is 0 Å². The lowest BCUT2D eigenvalue weighted by Crippen LogP contribution is -2.34. The van der Waals surface area contributed by atoms with E-state index in [1.165, 1.54) is 16.7 Å². The summed E-state index contributed by atoms with van der Waals surface area (Å²) in [6, 6.07) is 6.63. The van der Waals surface area contributed by atoms with Gasteiger partial charge in [0.1, 0.15) is 0 Å². The van der Waals surface area contributed by atoms with Crippen molar-refractivity contribution in [2.24, 2.45) is 5.41 Å². The summed E-state index contributed by atoms with van der Waals surface area (Å²) in [6.45, 7) is 10.7. The number of nitrogens with one attached hydrogen (secondary N) is 1. The highest BCUT2D eigenvalue weighted by Gasteiger charge is 2.24. The fourth-order valence-electron chi connectivity index (χ4n) is 2.19. The van der Waals surface area contributed by atoms with Crippen molar-refractivity contribution >= 4 is 11.6 Å². The Kier molecular flexibility index (Phi) is 6.17. The monoisotopic (exact) mass is 267 g/mol. The zero-order valence-corrected chi connectivity index (χ0v) is 12.9. The number of benzene rings is 1. The summed E-state index contributed by atoms with van der Waals surface area (Å²) in [4.78, 5) is 0. The molecule has 0 radical (unpaired) electrons. The third kappa shape index (κ3) is 4.00. The lowest BCUT2D eigenvalue weighted by atomic mass is 9.84. The topological polar surface area (TPSA) is 12.0 Å². The number of aryl methyl sites for hydroxylation is 2. The lowest BCUT2D eigenvalue weighted by molar-refractivity contribution is 0.286. The molecule has 0 saturated carbocycles. The maximum absolute atomic E-state index is 6.12. The van der Waals surface area contributed by atoms with Crippen molar-refractivity contribution in [3.05, 3.63) is 34.9 Å². The van der Waals surface area contributed by atoms with Gasteiger partial charge in [-0.05, 0) is 43.2 Å². The van der Waals surface area contributed by atoms with Crippen molar-refractivity contribution in [3.8, 4) is 0 Å². The van der Waals surface area contributed by atoms with Gasteiger partial charge in [-0.1, -0.05) is 37.6 Å². The highest BCUT2D eigenvalue weighted by atomic mass is 35.5. The summed E-state index contributed by atoms with van der Waals surface area (Å²) in [5, 5.41) is 3.58. The predicted molar refractivity (Wildman–Crippen MR) is 81.4 cm³/mol. The van der Waals surface area contributed by atoms with Gasteiger partial charge < -0.3 is 5.32 Å². The molecular formula is C16H26ClN. The third-order valence-corrected chi connectivity index (χ3v) is 4.67. The zero-order chi connectivity index (χ0) is 13.6. The Morgan fingerprint density at radius 3 is 2.39 bits per heavy atom. The molecular weight excluding hydrogens is 242 g/mol. The van der Waals surface area contributed by atoms with Crippen LogP contribution in [0.4, 0.5) is 0 Å². The van der Waals surface area contributed by atoms with Crippen LogP contribution in [0.5, 0.6) is 0 Å². The molecule has 1 N–H and O–H groups in total. The second-order valence-corrected chi connectivity index (χ2v) is 5.64. The summed E-state index contributed by atoms with van der Waals surface area (Å²) in [7, 11) is 0. The van der Waals surface area contributed by atoms with E-state index in [0.717, 1.165) is 31.8 Å². The number of rotatable bonds is 7. The lowest BCUT2D eigenvalue weighted by Gasteiger charge is -2.29. The van der Waals surface area contributed by atoms with Gasteiger partial charge in [-0.15, -0.1) is 11.6 Å². The number of hydrogen-bond donors (Lipinski definition) is 1. The minimum Gasteiger partial charge on any atom is -0.312 e. The molecule has 2 heteroatoms. The molecule has 0 amide bonds. The minimum atomic E-state index is 0.249. The molecule has 0 atom stereocenters. The van der Waals surface area contributed by atoms with Crippen LogP contribution >= 0.6 is 11.6 Å².